The van der Waals surface area contributed by atoms with E-state index in [1.54, 1.807) is 0 Å². The minimum Gasteiger partial charge on any atom is -0.310 e. The fraction of sp³-hybridized carbons (Fsp3) is 0.0244. The third-order valence-corrected chi connectivity index (χ3v) is 20.6. The molecule has 2 aliphatic heterocycles. The highest BCUT2D eigenvalue weighted by Gasteiger charge is 2.61. The van der Waals surface area contributed by atoms with E-state index in [4.69, 9.17) is 0 Å². The Morgan fingerprint density at radius 1 is 0.227 bits per heavy atom. The molecule has 0 atom stereocenters. The fourth-order valence-electron chi connectivity index (χ4n) is 14.4. The molecular formula is C82H56N4S2. The van der Waals surface area contributed by atoms with Gasteiger partial charge in [0.05, 0.1) is 33.6 Å². The van der Waals surface area contributed by atoms with Gasteiger partial charge in [0.25, 0.3) is 0 Å². The van der Waals surface area contributed by atoms with Crippen LogP contribution in [0.5, 0.6) is 0 Å². The molecule has 14 aromatic rings. The van der Waals surface area contributed by atoms with Gasteiger partial charge in [0.15, 0.2) is 0 Å². The van der Waals surface area contributed by atoms with Gasteiger partial charge in [0, 0.05) is 43.9 Å². The average molecular weight is 1160 g/mol. The minimum absolute atomic E-state index is 0.856. The number of para-hydroxylation sites is 8. The quantitative estimate of drug-likeness (QED) is 0.135. The summed E-state index contributed by atoms with van der Waals surface area (Å²) in [6.45, 7) is 0. The molecule has 17 rings (SSSR count). The van der Waals surface area contributed by atoms with Gasteiger partial charge in [0.1, 0.15) is 10.0 Å². The van der Waals surface area contributed by atoms with E-state index in [0.29, 0.717) is 0 Å². The van der Waals surface area contributed by atoms with Gasteiger partial charge in [-0.25, -0.2) is 0 Å². The number of thiophene rings is 2. The molecule has 88 heavy (non-hydrogen) atoms. The summed E-state index contributed by atoms with van der Waals surface area (Å²) in [5.74, 6) is 0. The predicted octanol–water partition coefficient (Wildman–Crippen LogP) is 22.7. The number of nitrogens with zero attached hydrogens (tertiary/aromatic N) is 4. The van der Waals surface area contributed by atoms with E-state index < -0.39 is 10.8 Å². The van der Waals surface area contributed by atoms with Crippen LogP contribution < -0.4 is 19.6 Å². The Bertz CT molecular complexity index is 4400. The zero-order valence-electron chi connectivity index (χ0n) is 47.9. The standard InChI is InChI=1S/C82H56N4S2/c1-7-27-57(28-8-1)59-47-51-65(52-48-59)83(61-31-11-3-12-32-61)77-55-71-79(87-77)82(69-41-21-25-45-75(69)86(64-37-17-6-18-38-64)76-46-26-22-42-70(76)82)72-56-78(84(62-33-13-4-14-34-62)66-53-49-60(50-54-66)58-29-9-2-10-30-58)88-80(72)81(71)67-39-19-23-43-73(67)85(63-35-15-5-16-36-63)74-44-24-20-40-68(74)81/h1-56H. The first kappa shape index (κ1) is 51.6. The number of hydrogen-bond acceptors (Lipinski definition) is 6. The molecule has 0 radical (unpaired) electrons. The normalized spacial score (nSPS) is 13.6. The van der Waals surface area contributed by atoms with Crippen molar-refractivity contribution in [3.05, 3.63) is 383 Å². The van der Waals surface area contributed by atoms with Crippen molar-refractivity contribution in [1.82, 2.24) is 0 Å². The molecule has 0 bridgehead atoms. The first-order chi connectivity index (χ1) is 43.7. The van der Waals surface area contributed by atoms with Crippen LogP contribution in [0.15, 0.2) is 340 Å². The van der Waals surface area contributed by atoms with Gasteiger partial charge in [-0.3, -0.25) is 0 Å². The van der Waals surface area contributed by atoms with Crippen LogP contribution in [0.3, 0.4) is 0 Å². The Balaban J connectivity index is 1.02. The molecule has 2 aromatic heterocycles. The number of rotatable bonds is 10. The lowest BCUT2D eigenvalue weighted by atomic mass is 9.53. The first-order valence-electron chi connectivity index (χ1n) is 30.1. The fourth-order valence-corrected chi connectivity index (χ4v) is 17.4. The maximum atomic E-state index is 2.60. The van der Waals surface area contributed by atoms with Gasteiger partial charge in [-0.05, 0) is 165 Å². The predicted molar refractivity (Wildman–Crippen MR) is 369 cm³/mol. The van der Waals surface area contributed by atoms with E-state index in [0.717, 1.165) is 66.9 Å². The maximum Gasteiger partial charge on any atom is 0.101 e. The largest absolute Gasteiger partial charge is 0.310 e. The van der Waals surface area contributed by atoms with Crippen LogP contribution in [0.25, 0.3) is 22.3 Å². The second-order valence-electron chi connectivity index (χ2n) is 22.7. The van der Waals surface area contributed by atoms with Crippen molar-refractivity contribution in [2.45, 2.75) is 10.8 Å². The van der Waals surface area contributed by atoms with E-state index >= 15 is 0 Å². The van der Waals surface area contributed by atoms with Crippen LogP contribution in [-0.2, 0) is 10.8 Å². The summed E-state index contributed by atoms with van der Waals surface area (Å²) in [4.78, 5) is 12.6. The molecule has 0 saturated carbocycles. The lowest BCUT2D eigenvalue weighted by molar-refractivity contribution is 0.634. The third kappa shape index (κ3) is 7.89. The molecule has 0 fully saturated rings. The van der Waals surface area contributed by atoms with Crippen LogP contribution in [0.1, 0.15) is 43.1 Å². The lowest BCUT2D eigenvalue weighted by Gasteiger charge is -2.53. The van der Waals surface area contributed by atoms with E-state index in [1.165, 1.54) is 65.4 Å². The third-order valence-electron chi connectivity index (χ3n) is 18.1. The molecule has 12 aromatic carbocycles. The van der Waals surface area contributed by atoms with Crippen molar-refractivity contribution >= 4 is 89.5 Å². The van der Waals surface area contributed by atoms with Crippen molar-refractivity contribution < 1.29 is 0 Å². The van der Waals surface area contributed by atoms with E-state index in [2.05, 4.69) is 359 Å². The summed E-state index contributed by atoms with van der Waals surface area (Å²) in [7, 11) is 0. The Kier molecular flexibility index (Phi) is 12.3. The molecule has 4 heterocycles. The second kappa shape index (κ2) is 21.0. The summed E-state index contributed by atoms with van der Waals surface area (Å²) in [6.07, 6.45) is 0. The topological polar surface area (TPSA) is 13.0 Å². The van der Waals surface area contributed by atoms with Gasteiger partial charge < -0.3 is 19.6 Å². The highest BCUT2D eigenvalue weighted by Crippen LogP contribution is 2.72. The zero-order chi connectivity index (χ0) is 58.2. The molecule has 3 aliphatic rings. The van der Waals surface area contributed by atoms with Crippen LogP contribution in [0.4, 0.5) is 66.9 Å². The highest BCUT2D eigenvalue weighted by molar-refractivity contribution is 7.18. The van der Waals surface area contributed by atoms with E-state index in [-0.39, 0.29) is 0 Å². The Hall–Kier alpha value is -10.8. The molecule has 4 nitrogen and oxygen atoms in total. The number of benzene rings is 12. The number of anilines is 12. The molecular weight excluding hydrogens is 1110 g/mol. The molecule has 416 valence electrons. The summed E-state index contributed by atoms with van der Waals surface area (Å²) in [6, 6.07) is 126. The average Bonchev–Trinajstić information content (AvgIpc) is 1.33. The second-order valence-corrected chi connectivity index (χ2v) is 24.8. The molecule has 0 saturated heterocycles. The van der Waals surface area contributed by atoms with Crippen LogP contribution in [-0.4, -0.2) is 0 Å². The van der Waals surface area contributed by atoms with E-state index in [9.17, 15) is 0 Å². The molecule has 0 unspecified atom stereocenters. The summed E-state index contributed by atoms with van der Waals surface area (Å²) >= 11 is 3.87. The molecule has 1 aliphatic carbocycles. The van der Waals surface area contributed by atoms with E-state index in [1.807, 2.05) is 22.7 Å². The Morgan fingerprint density at radius 2 is 0.477 bits per heavy atom. The van der Waals surface area contributed by atoms with Gasteiger partial charge in [-0.2, -0.15) is 0 Å². The Labute approximate surface area is 521 Å². The van der Waals surface area contributed by atoms with Crippen molar-refractivity contribution in [2.24, 2.45) is 0 Å². The van der Waals surface area contributed by atoms with Crippen molar-refractivity contribution in [1.29, 1.82) is 0 Å². The van der Waals surface area contributed by atoms with Crippen LogP contribution >= 0.6 is 22.7 Å². The molecule has 6 heteroatoms. The Morgan fingerprint density at radius 3 is 0.795 bits per heavy atom. The van der Waals surface area contributed by atoms with Crippen LogP contribution in [0.2, 0.25) is 0 Å². The summed E-state index contributed by atoms with van der Waals surface area (Å²) < 4.78 is 0. The maximum absolute atomic E-state index is 2.60. The van der Waals surface area contributed by atoms with Crippen molar-refractivity contribution in [3.8, 4) is 22.3 Å². The highest BCUT2D eigenvalue weighted by atomic mass is 32.1. The van der Waals surface area contributed by atoms with Gasteiger partial charge in [0.2, 0.25) is 0 Å². The SMILES string of the molecule is c1ccc(-c2ccc(N(c3ccccc3)c3cc4c(s3)C3(c5ccccc5N(c5ccccc5)c5ccccc53)c3cc(N(c5ccccc5)c5ccc(-c6ccccc6)cc5)sc3C43c4ccccc4N(c4ccccc4)c4ccccc43)cc2)cc1. The van der Waals surface area contributed by atoms with Crippen LogP contribution in [0, 0.1) is 0 Å². The van der Waals surface area contributed by atoms with Crippen molar-refractivity contribution in [2.75, 3.05) is 19.6 Å². The molecule has 2 spiro atoms. The number of fused-ring (bicyclic) bond motifs is 14. The van der Waals surface area contributed by atoms with Gasteiger partial charge in [-0.15, -0.1) is 22.7 Å². The summed E-state index contributed by atoms with van der Waals surface area (Å²) in [5, 5.41) is 2.26. The molecule has 0 N–H and O–H groups in total. The first-order valence-corrected chi connectivity index (χ1v) is 31.7. The van der Waals surface area contributed by atoms with Crippen molar-refractivity contribution in [3.63, 3.8) is 0 Å². The summed E-state index contributed by atoms with van der Waals surface area (Å²) in [5.41, 5.74) is 21.6. The zero-order valence-corrected chi connectivity index (χ0v) is 49.6. The monoisotopic (exact) mass is 1160 g/mol. The number of hydrogen-bond donors (Lipinski definition) is 0. The van der Waals surface area contributed by atoms with Gasteiger partial charge >= 0.3 is 0 Å². The minimum atomic E-state index is -0.856. The smallest absolute Gasteiger partial charge is 0.101 e. The lowest BCUT2D eigenvalue weighted by Crippen LogP contribution is -2.47. The van der Waals surface area contributed by atoms with Gasteiger partial charge in [-0.1, -0.05) is 231 Å². The molecule has 0 amide bonds.